The second-order valence-electron chi connectivity index (χ2n) is 4.88. The predicted molar refractivity (Wildman–Crippen MR) is 70.4 cm³/mol. The number of urea groups is 1. The lowest BCUT2D eigenvalue weighted by molar-refractivity contribution is -0.133. The van der Waals surface area contributed by atoms with Crippen LogP contribution < -0.4 is 10.1 Å². The molecule has 1 aromatic carbocycles. The van der Waals surface area contributed by atoms with Crippen molar-refractivity contribution in [2.45, 2.75) is 12.0 Å². The van der Waals surface area contributed by atoms with Gasteiger partial charge < -0.3 is 14.8 Å². The number of carbonyl (C=O) groups is 2. The molecule has 6 nitrogen and oxygen atoms in total. The third-order valence-electron chi connectivity index (χ3n) is 3.78. The van der Waals surface area contributed by atoms with Gasteiger partial charge in [-0.1, -0.05) is 18.2 Å². The van der Waals surface area contributed by atoms with Crippen molar-refractivity contribution in [3.8, 4) is 5.75 Å². The third-order valence-corrected chi connectivity index (χ3v) is 3.78. The zero-order valence-corrected chi connectivity index (χ0v) is 11.2. The Morgan fingerprint density at radius 3 is 3.00 bits per heavy atom. The Morgan fingerprint density at radius 2 is 2.20 bits per heavy atom. The smallest absolute Gasteiger partial charge is 0.325 e. The van der Waals surface area contributed by atoms with Gasteiger partial charge >= 0.3 is 6.03 Å². The fourth-order valence-electron chi connectivity index (χ4n) is 2.76. The van der Waals surface area contributed by atoms with E-state index >= 15 is 0 Å². The monoisotopic (exact) mass is 276 g/mol. The number of rotatable bonds is 3. The van der Waals surface area contributed by atoms with Crippen molar-refractivity contribution < 1.29 is 19.1 Å². The van der Waals surface area contributed by atoms with Crippen LogP contribution in [0.3, 0.4) is 0 Å². The quantitative estimate of drug-likeness (QED) is 0.832. The van der Waals surface area contributed by atoms with Gasteiger partial charge in [-0.05, 0) is 6.07 Å². The number of fused-ring (bicyclic) bond motifs is 2. The lowest BCUT2D eigenvalue weighted by Gasteiger charge is -2.33. The van der Waals surface area contributed by atoms with Crippen molar-refractivity contribution in [1.82, 2.24) is 10.2 Å². The Balaban J connectivity index is 1.98. The predicted octanol–water partition coefficient (Wildman–Crippen LogP) is 0.863. The highest BCUT2D eigenvalue weighted by molar-refractivity contribution is 6.07. The number of nitrogens with one attached hydrogen (secondary N) is 1. The van der Waals surface area contributed by atoms with Crippen LogP contribution in [-0.2, 0) is 15.1 Å². The highest BCUT2D eigenvalue weighted by atomic mass is 16.5. The van der Waals surface area contributed by atoms with Crippen LogP contribution in [0.1, 0.15) is 12.0 Å². The van der Waals surface area contributed by atoms with E-state index in [-0.39, 0.29) is 18.5 Å². The Labute approximate surface area is 116 Å². The number of nitrogens with zero attached hydrogens (tertiary/aromatic N) is 1. The van der Waals surface area contributed by atoms with Crippen molar-refractivity contribution in [1.29, 1.82) is 0 Å². The molecule has 2 aliphatic heterocycles. The first kappa shape index (κ1) is 12.9. The fourth-order valence-corrected chi connectivity index (χ4v) is 2.76. The van der Waals surface area contributed by atoms with E-state index in [4.69, 9.17) is 9.47 Å². The molecule has 0 aromatic heterocycles. The maximum absolute atomic E-state index is 12.7. The Hall–Kier alpha value is -2.08. The summed E-state index contributed by atoms with van der Waals surface area (Å²) in [4.78, 5) is 26.0. The SMILES string of the molecule is COCCN1C(=O)N[C@]2(CCOc3ccccc32)C1=O. The number of benzene rings is 1. The van der Waals surface area contributed by atoms with Gasteiger partial charge in [-0.3, -0.25) is 9.69 Å². The second-order valence-corrected chi connectivity index (χ2v) is 4.88. The van der Waals surface area contributed by atoms with Crippen LogP contribution >= 0.6 is 0 Å². The van der Waals surface area contributed by atoms with Gasteiger partial charge in [-0.2, -0.15) is 0 Å². The number of carbonyl (C=O) groups excluding carboxylic acids is 2. The van der Waals surface area contributed by atoms with Crippen LogP contribution in [0.25, 0.3) is 0 Å². The molecule has 3 amide bonds. The van der Waals surface area contributed by atoms with Gasteiger partial charge in [0, 0.05) is 19.1 Å². The normalized spacial score (nSPS) is 24.6. The highest BCUT2D eigenvalue weighted by Crippen LogP contribution is 2.40. The molecule has 2 heterocycles. The van der Waals surface area contributed by atoms with Gasteiger partial charge in [0.25, 0.3) is 5.91 Å². The van der Waals surface area contributed by atoms with E-state index in [2.05, 4.69) is 5.32 Å². The van der Waals surface area contributed by atoms with Gasteiger partial charge in [0.2, 0.25) is 0 Å². The molecule has 0 radical (unpaired) electrons. The van der Waals surface area contributed by atoms with Crippen molar-refractivity contribution >= 4 is 11.9 Å². The molecule has 0 bridgehead atoms. The van der Waals surface area contributed by atoms with Crippen molar-refractivity contribution in [2.75, 3.05) is 26.9 Å². The van der Waals surface area contributed by atoms with Crippen molar-refractivity contribution in [3.05, 3.63) is 29.8 Å². The average molecular weight is 276 g/mol. The summed E-state index contributed by atoms with van der Waals surface area (Å²) in [5.41, 5.74) is -0.260. The summed E-state index contributed by atoms with van der Waals surface area (Å²) in [6, 6.07) is 6.96. The molecule has 1 aromatic rings. The molecule has 0 saturated carbocycles. The standard InChI is InChI=1S/C14H16N2O4/c1-19-9-7-16-12(17)14(15-13(16)18)6-8-20-11-5-3-2-4-10(11)14/h2-5H,6-9H2,1H3,(H,15,18)/t14-/m0/s1. The Kier molecular flexibility index (Phi) is 3.10. The first-order valence-corrected chi connectivity index (χ1v) is 6.54. The first-order chi connectivity index (χ1) is 9.69. The highest BCUT2D eigenvalue weighted by Gasteiger charge is 2.54. The topological polar surface area (TPSA) is 67.9 Å². The summed E-state index contributed by atoms with van der Waals surface area (Å²) in [5, 5.41) is 2.84. The number of hydrogen-bond acceptors (Lipinski definition) is 4. The van der Waals surface area contributed by atoms with Gasteiger partial charge in [0.1, 0.15) is 5.75 Å². The molecule has 1 N–H and O–H groups in total. The van der Waals surface area contributed by atoms with Gasteiger partial charge in [0.05, 0.1) is 19.8 Å². The summed E-state index contributed by atoms with van der Waals surface area (Å²) in [6.07, 6.45) is 0.443. The fraction of sp³-hybridized carbons (Fsp3) is 0.429. The largest absolute Gasteiger partial charge is 0.493 e. The van der Waals surface area contributed by atoms with Crippen molar-refractivity contribution in [2.24, 2.45) is 0 Å². The summed E-state index contributed by atoms with van der Waals surface area (Å²) < 4.78 is 10.5. The molecule has 0 aliphatic carbocycles. The molecule has 0 unspecified atom stereocenters. The van der Waals surface area contributed by atoms with Gasteiger partial charge in [0.15, 0.2) is 5.54 Å². The summed E-state index contributed by atoms with van der Waals surface area (Å²) in [6.45, 7) is 0.987. The minimum Gasteiger partial charge on any atom is -0.493 e. The Bertz CT molecular complexity index is 560. The van der Waals surface area contributed by atoms with E-state index in [1.807, 2.05) is 24.3 Å². The maximum atomic E-state index is 12.7. The van der Waals surface area contributed by atoms with Crippen LogP contribution in [-0.4, -0.2) is 43.7 Å². The molecular weight excluding hydrogens is 260 g/mol. The summed E-state index contributed by atoms with van der Waals surface area (Å²) in [7, 11) is 1.54. The van der Waals surface area contributed by atoms with E-state index in [1.165, 1.54) is 12.0 Å². The number of methoxy groups -OCH3 is 1. The second kappa shape index (κ2) is 4.79. The van der Waals surface area contributed by atoms with E-state index in [9.17, 15) is 9.59 Å². The molecule has 6 heteroatoms. The van der Waals surface area contributed by atoms with Crippen LogP contribution in [0, 0.1) is 0 Å². The average Bonchev–Trinajstić information content (AvgIpc) is 2.69. The molecule has 106 valence electrons. The van der Waals surface area contributed by atoms with Crippen molar-refractivity contribution in [3.63, 3.8) is 0 Å². The van der Waals surface area contributed by atoms with E-state index in [1.54, 1.807) is 0 Å². The number of ether oxygens (including phenoxy) is 2. The van der Waals surface area contributed by atoms with Crippen LogP contribution in [0.5, 0.6) is 5.75 Å². The minimum absolute atomic E-state index is 0.227. The molecule has 1 spiro atoms. The van der Waals surface area contributed by atoms with Gasteiger partial charge in [-0.15, -0.1) is 0 Å². The molecule has 1 saturated heterocycles. The van der Waals surface area contributed by atoms with Crippen LogP contribution in [0.4, 0.5) is 4.79 Å². The zero-order valence-electron chi connectivity index (χ0n) is 11.2. The molecule has 1 fully saturated rings. The van der Waals surface area contributed by atoms with E-state index < -0.39 is 5.54 Å². The minimum atomic E-state index is -0.986. The van der Waals surface area contributed by atoms with Gasteiger partial charge in [-0.25, -0.2) is 4.79 Å². The Morgan fingerprint density at radius 1 is 1.40 bits per heavy atom. The molecular formula is C14H16N2O4. The van der Waals surface area contributed by atoms with Crippen LogP contribution in [0.15, 0.2) is 24.3 Å². The molecule has 3 rings (SSSR count). The summed E-state index contributed by atoms with van der Waals surface area (Å²) >= 11 is 0. The lowest BCUT2D eigenvalue weighted by atomic mass is 9.84. The molecule has 1 atom stereocenters. The first-order valence-electron chi connectivity index (χ1n) is 6.54. The summed E-state index contributed by atoms with van der Waals surface area (Å²) in [5.74, 6) is 0.427. The number of amides is 3. The van der Waals surface area contributed by atoms with E-state index in [0.29, 0.717) is 25.4 Å². The van der Waals surface area contributed by atoms with E-state index in [0.717, 1.165) is 5.56 Å². The third kappa shape index (κ3) is 1.76. The number of para-hydroxylation sites is 1. The zero-order chi connectivity index (χ0) is 14.2. The number of imide groups is 1. The molecule has 2 aliphatic rings. The lowest BCUT2D eigenvalue weighted by Crippen LogP contribution is -2.47. The maximum Gasteiger partial charge on any atom is 0.325 e. The van der Waals surface area contributed by atoms with Crippen LogP contribution in [0.2, 0.25) is 0 Å². The molecule has 20 heavy (non-hydrogen) atoms. The number of hydrogen-bond donors (Lipinski definition) is 1.